The summed E-state index contributed by atoms with van der Waals surface area (Å²) in [5.41, 5.74) is 4.54. The highest BCUT2D eigenvalue weighted by atomic mass is 16.5. The molecule has 0 bridgehead atoms. The number of β-amino-alcohol motifs (C(OH)–C–C–N with tert-alkyl or cyclic N) is 1. The molecule has 2 aromatic carbocycles. The molecule has 0 saturated carbocycles. The van der Waals surface area contributed by atoms with Gasteiger partial charge in [0, 0.05) is 30.3 Å². The number of methoxy groups -OCH3 is 1. The van der Waals surface area contributed by atoms with E-state index in [0.29, 0.717) is 25.1 Å². The molecule has 2 atom stereocenters. The fraction of sp³-hybridized carbons (Fsp3) is 0.304. The van der Waals surface area contributed by atoms with Crippen molar-refractivity contribution >= 4 is 5.91 Å². The lowest BCUT2D eigenvalue weighted by atomic mass is 10.00. The molecule has 29 heavy (non-hydrogen) atoms. The van der Waals surface area contributed by atoms with Crippen LogP contribution in [-0.4, -0.2) is 52.4 Å². The molecule has 0 radical (unpaired) electrons. The van der Waals surface area contributed by atoms with Gasteiger partial charge in [-0.25, -0.2) is 0 Å². The minimum absolute atomic E-state index is 0.00794. The predicted molar refractivity (Wildman–Crippen MR) is 111 cm³/mol. The normalized spacial score (nSPS) is 18.8. The zero-order valence-electron chi connectivity index (χ0n) is 16.6. The van der Waals surface area contributed by atoms with Gasteiger partial charge in [0.25, 0.3) is 5.91 Å². The van der Waals surface area contributed by atoms with Crippen LogP contribution >= 0.6 is 0 Å². The largest absolute Gasteiger partial charge is 0.497 e. The van der Waals surface area contributed by atoms with Crippen LogP contribution in [0.5, 0.6) is 5.75 Å². The van der Waals surface area contributed by atoms with E-state index in [-0.39, 0.29) is 11.8 Å². The van der Waals surface area contributed by atoms with Crippen molar-refractivity contribution in [1.82, 2.24) is 15.1 Å². The molecule has 6 heteroatoms. The first-order chi connectivity index (χ1) is 14.0. The molecular formula is C23H25N3O3. The molecule has 150 valence electrons. The number of H-pyrrole nitrogens is 1. The lowest BCUT2D eigenvalue weighted by Gasteiger charge is -2.16. The van der Waals surface area contributed by atoms with Crippen LogP contribution in [0.4, 0.5) is 0 Å². The second-order valence-electron chi connectivity index (χ2n) is 7.59. The van der Waals surface area contributed by atoms with Crippen molar-refractivity contribution in [2.45, 2.75) is 19.4 Å². The Kier molecular flexibility index (Phi) is 5.36. The minimum atomic E-state index is -0.541. The highest BCUT2D eigenvalue weighted by Gasteiger charge is 2.34. The van der Waals surface area contributed by atoms with Crippen molar-refractivity contribution in [2.75, 3.05) is 20.2 Å². The van der Waals surface area contributed by atoms with Crippen LogP contribution in [0.2, 0.25) is 0 Å². The quantitative estimate of drug-likeness (QED) is 0.701. The van der Waals surface area contributed by atoms with Crippen molar-refractivity contribution in [3.63, 3.8) is 0 Å². The van der Waals surface area contributed by atoms with Gasteiger partial charge < -0.3 is 14.7 Å². The number of nitrogens with zero attached hydrogens (tertiary/aromatic N) is 2. The average Bonchev–Trinajstić information content (AvgIpc) is 3.33. The summed E-state index contributed by atoms with van der Waals surface area (Å²) in [6, 6.07) is 17.4. The number of hydrogen-bond acceptors (Lipinski definition) is 4. The third kappa shape index (κ3) is 4.17. The topological polar surface area (TPSA) is 78.5 Å². The lowest BCUT2D eigenvalue weighted by molar-refractivity contribution is 0.0764. The second kappa shape index (κ2) is 8.09. The molecule has 0 spiro atoms. The Morgan fingerprint density at radius 2 is 1.97 bits per heavy atom. The Balaban J connectivity index is 1.48. The first kappa shape index (κ1) is 19.2. The third-order valence-electron chi connectivity index (χ3n) is 5.46. The van der Waals surface area contributed by atoms with Crippen LogP contribution in [-0.2, 0) is 6.42 Å². The molecule has 1 aliphatic rings. The number of ether oxygens (including phenoxy) is 1. The Labute approximate surface area is 170 Å². The van der Waals surface area contributed by atoms with Gasteiger partial charge in [-0.15, -0.1) is 0 Å². The molecule has 1 aliphatic heterocycles. The Bertz CT molecular complexity index is 997. The van der Waals surface area contributed by atoms with E-state index >= 15 is 0 Å². The summed E-state index contributed by atoms with van der Waals surface area (Å²) >= 11 is 0. The van der Waals surface area contributed by atoms with Crippen molar-refractivity contribution in [2.24, 2.45) is 5.92 Å². The highest BCUT2D eigenvalue weighted by Crippen LogP contribution is 2.26. The molecule has 1 amide bonds. The molecule has 1 saturated heterocycles. The summed E-state index contributed by atoms with van der Waals surface area (Å²) in [6.45, 7) is 2.82. The summed E-state index contributed by atoms with van der Waals surface area (Å²) in [7, 11) is 1.64. The van der Waals surface area contributed by atoms with Crippen molar-refractivity contribution in [1.29, 1.82) is 0 Å². The zero-order valence-corrected chi connectivity index (χ0v) is 16.6. The molecule has 2 heterocycles. The first-order valence-corrected chi connectivity index (χ1v) is 9.76. The lowest BCUT2D eigenvalue weighted by Crippen LogP contribution is -2.29. The Morgan fingerprint density at radius 3 is 2.66 bits per heavy atom. The summed E-state index contributed by atoms with van der Waals surface area (Å²) in [6.07, 6.45) is 0.113. The van der Waals surface area contributed by atoms with E-state index in [9.17, 15) is 9.90 Å². The van der Waals surface area contributed by atoms with Crippen LogP contribution < -0.4 is 4.74 Å². The van der Waals surface area contributed by atoms with Gasteiger partial charge >= 0.3 is 0 Å². The Hall–Kier alpha value is -3.12. The molecule has 2 N–H and O–H groups in total. The van der Waals surface area contributed by atoms with Crippen LogP contribution in [0.3, 0.4) is 0 Å². The smallest absolute Gasteiger partial charge is 0.253 e. The number of carbonyl (C=O) groups is 1. The molecule has 6 nitrogen and oxygen atoms in total. The van der Waals surface area contributed by atoms with E-state index in [0.717, 1.165) is 28.3 Å². The van der Waals surface area contributed by atoms with Crippen LogP contribution in [0, 0.1) is 12.8 Å². The number of aliphatic hydroxyl groups is 1. The summed E-state index contributed by atoms with van der Waals surface area (Å²) < 4.78 is 5.21. The number of rotatable bonds is 5. The third-order valence-corrected chi connectivity index (χ3v) is 5.46. The first-order valence-electron chi connectivity index (χ1n) is 9.76. The van der Waals surface area contributed by atoms with Crippen molar-refractivity contribution < 1.29 is 14.6 Å². The fourth-order valence-electron chi connectivity index (χ4n) is 3.87. The number of aromatic amines is 1. The van der Waals surface area contributed by atoms with E-state index in [1.54, 1.807) is 12.0 Å². The van der Waals surface area contributed by atoms with E-state index in [1.807, 2.05) is 61.5 Å². The van der Waals surface area contributed by atoms with Gasteiger partial charge in [0.2, 0.25) is 0 Å². The number of likely N-dealkylation sites (tertiary alicyclic amines) is 1. The van der Waals surface area contributed by atoms with Crippen LogP contribution in [0.1, 0.15) is 21.7 Å². The molecule has 3 aromatic rings. The Morgan fingerprint density at radius 1 is 1.17 bits per heavy atom. The fourth-order valence-corrected chi connectivity index (χ4v) is 3.87. The van der Waals surface area contributed by atoms with E-state index in [4.69, 9.17) is 4.74 Å². The van der Waals surface area contributed by atoms with Crippen LogP contribution in [0.25, 0.3) is 11.1 Å². The van der Waals surface area contributed by atoms with Crippen molar-refractivity contribution in [3.8, 4) is 16.9 Å². The standard InChI is InChI=1S/C23H25N3O3/c1-15-10-20(25-24-15)12-19-13-26(14-22(19)27)23(28)18-5-3-4-17(11-18)16-6-8-21(29-2)9-7-16/h3-11,19,22,27H,12-14H2,1-2H3,(H,24,25)/t19-,22-/m1/s1. The molecule has 1 fully saturated rings. The monoisotopic (exact) mass is 391 g/mol. The molecule has 0 aliphatic carbocycles. The van der Waals surface area contributed by atoms with Gasteiger partial charge in [0.1, 0.15) is 5.75 Å². The zero-order chi connectivity index (χ0) is 20.4. The number of nitrogens with one attached hydrogen (secondary N) is 1. The maximum atomic E-state index is 13.1. The molecule has 1 aromatic heterocycles. The molecule has 4 rings (SSSR count). The summed E-state index contributed by atoms with van der Waals surface area (Å²) in [4.78, 5) is 14.8. The predicted octanol–water partition coefficient (Wildman–Crippen LogP) is 3.07. The maximum absolute atomic E-state index is 13.1. The highest BCUT2D eigenvalue weighted by molar-refractivity contribution is 5.95. The van der Waals surface area contributed by atoms with Gasteiger partial charge in [-0.05, 0) is 54.8 Å². The van der Waals surface area contributed by atoms with Gasteiger partial charge in [-0.1, -0.05) is 24.3 Å². The van der Waals surface area contributed by atoms with Gasteiger partial charge in [-0.2, -0.15) is 5.10 Å². The van der Waals surface area contributed by atoms with Gasteiger partial charge in [-0.3, -0.25) is 9.89 Å². The number of benzene rings is 2. The van der Waals surface area contributed by atoms with E-state index < -0.39 is 6.10 Å². The van der Waals surface area contributed by atoms with Crippen LogP contribution in [0.15, 0.2) is 54.6 Å². The molecular weight excluding hydrogens is 366 g/mol. The summed E-state index contributed by atoms with van der Waals surface area (Å²) in [5.74, 6) is 0.733. The average molecular weight is 391 g/mol. The number of aliphatic hydroxyl groups excluding tert-OH is 1. The SMILES string of the molecule is COc1ccc(-c2cccc(C(=O)N3C[C@@H](Cc4cc(C)[nH]n4)[C@H](O)C3)c2)cc1. The number of carbonyl (C=O) groups excluding carboxylic acids is 1. The minimum Gasteiger partial charge on any atom is -0.497 e. The number of amides is 1. The van der Waals surface area contributed by atoms with E-state index in [1.165, 1.54) is 0 Å². The number of aromatic nitrogens is 2. The van der Waals surface area contributed by atoms with Crippen molar-refractivity contribution in [3.05, 3.63) is 71.5 Å². The van der Waals surface area contributed by atoms with Gasteiger partial charge in [0.05, 0.1) is 18.9 Å². The van der Waals surface area contributed by atoms with Gasteiger partial charge in [0.15, 0.2) is 0 Å². The summed E-state index contributed by atoms with van der Waals surface area (Å²) in [5, 5.41) is 17.6. The molecule has 0 unspecified atom stereocenters. The number of aryl methyl sites for hydroxylation is 1. The number of hydrogen-bond donors (Lipinski definition) is 2. The van der Waals surface area contributed by atoms with E-state index in [2.05, 4.69) is 10.2 Å². The second-order valence-corrected chi connectivity index (χ2v) is 7.59. The maximum Gasteiger partial charge on any atom is 0.253 e.